The number of pyridine rings is 1. The summed E-state index contributed by atoms with van der Waals surface area (Å²) >= 11 is 2.08. The van der Waals surface area contributed by atoms with Gasteiger partial charge in [-0.1, -0.05) is 37.6 Å². The standard InChI is InChI=1S/C16H20N2S/c1-2-19-15-9-5-8-14(15)18-16-13-7-4-3-6-12(13)10-11-17-16/h3-4,6-7,10-11,14-15H,2,5,8-9H2,1H3,(H,17,18). The molecular weight excluding hydrogens is 252 g/mol. The van der Waals surface area contributed by atoms with Crippen molar-refractivity contribution in [1.29, 1.82) is 0 Å². The fourth-order valence-corrected chi connectivity index (χ4v) is 4.11. The van der Waals surface area contributed by atoms with Gasteiger partial charge in [0, 0.05) is 22.9 Å². The summed E-state index contributed by atoms with van der Waals surface area (Å²) in [4.78, 5) is 4.54. The summed E-state index contributed by atoms with van der Waals surface area (Å²) in [5.41, 5.74) is 0. The van der Waals surface area contributed by atoms with Gasteiger partial charge in [0.25, 0.3) is 0 Å². The number of hydrogen-bond acceptors (Lipinski definition) is 3. The molecule has 3 heteroatoms. The maximum atomic E-state index is 4.54. The van der Waals surface area contributed by atoms with Gasteiger partial charge < -0.3 is 5.32 Å². The Labute approximate surface area is 119 Å². The van der Waals surface area contributed by atoms with Gasteiger partial charge in [0.05, 0.1) is 0 Å². The summed E-state index contributed by atoms with van der Waals surface area (Å²) in [6.45, 7) is 2.25. The van der Waals surface area contributed by atoms with Crippen molar-refractivity contribution in [3.05, 3.63) is 36.5 Å². The molecule has 0 spiro atoms. The topological polar surface area (TPSA) is 24.9 Å². The quantitative estimate of drug-likeness (QED) is 0.897. The summed E-state index contributed by atoms with van der Waals surface area (Å²) in [7, 11) is 0. The second-order valence-electron chi connectivity index (χ2n) is 5.06. The summed E-state index contributed by atoms with van der Waals surface area (Å²) in [6, 6.07) is 11.1. The van der Waals surface area contributed by atoms with Crippen LogP contribution in [0.3, 0.4) is 0 Å². The minimum Gasteiger partial charge on any atom is -0.366 e. The Morgan fingerprint density at radius 2 is 2.16 bits per heavy atom. The van der Waals surface area contributed by atoms with Crippen LogP contribution >= 0.6 is 11.8 Å². The first kappa shape index (κ1) is 12.8. The van der Waals surface area contributed by atoms with Crippen LogP contribution < -0.4 is 5.32 Å². The second-order valence-corrected chi connectivity index (χ2v) is 6.57. The molecule has 0 bridgehead atoms. The first-order chi connectivity index (χ1) is 9.38. The molecule has 2 nitrogen and oxygen atoms in total. The number of thioether (sulfide) groups is 1. The molecular formula is C16H20N2S. The van der Waals surface area contributed by atoms with E-state index in [1.54, 1.807) is 0 Å². The molecule has 1 aliphatic rings. The molecule has 100 valence electrons. The van der Waals surface area contributed by atoms with Gasteiger partial charge in [0.2, 0.25) is 0 Å². The molecule has 0 radical (unpaired) electrons. The van der Waals surface area contributed by atoms with Crippen molar-refractivity contribution in [2.75, 3.05) is 11.1 Å². The molecule has 2 aromatic rings. The normalized spacial score (nSPS) is 22.8. The minimum atomic E-state index is 0.572. The number of rotatable bonds is 4. The van der Waals surface area contributed by atoms with Crippen molar-refractivity contribution >= 4 is 28.4 Å². The lowest BCUT2D eigenvalue weighted by Gasteiger charge is -2.21. The van der Waals surface area contributed by atoms with Gasteiger partial charge in [-0.05, 0) is 30.0 Å². The highest BCUT2D eigenvalue weighted by molar-refractivity contribution is 7.99. The fraction of sp³-hybridized carbons (Fsp3) is 0.438. The molecule has 1 fully saturated rings. The average Bonchev–Trinajstić information content (AvgIpc) is 2.87. The van der Waals surface area contributed by atoms with Gasteiger partial charge in [0.15, 0.2) is 0 Å². The molecule has 0 saturated heterocycles. The largest absolute Gasteiger partial charge is 0.366 e. The molecule has 3 rings (SSSR count). The number of anilines is 1. The van der Waals surface area contributed by atoms with Crippen LogP contribution in [-0.2, 0) is 0 Å². The van der Waals surface area contributed by atoms with Gasteiger partial charge in [-0.2, -0.15) is 11.8 Å². The van der Waals surface area contributed by atoms with Crippen molar-refractivity contribution in [2.45, 2.75) is 37.5 Å². The summed E-state index contributed by atoms with van der Waals surface area (Å²) in [6.07, 6.45) is 5.84. The molecule has 2 atom stereocenters. The molecule has 1 aliphatic carbocycles. The smallest absolute Gasteiger partial charge is 0.134 e. The molecule has 0 aliphatic heterocycles. The van der Waals surface area contributed by atoms with Crippen LogP contribution in [0.2, 0.25) is 0 Å². The third-order valence-electron chi connectivity index (χ3n) is 3.83. The highest BCUT2D eigenvalue weighted by Crippen LogP contribution is 2.33. The molecule has 19 heavy (non-hydrogen) atoms. The number of hydrogen-bond donors (Lipinski definition) is 1. The monoisotopic (exact) mass is 272 g/mol. The molecule has 0 amide bonds. The summed E-state index contributed by atoms with van der Waals surface area (Å²) in [5, 5.41) is 6.92. The third kappa shape index (κ3) is 2.71. The van der Waals surface area contributed by atoms with E-state index in [0.717, 1.165) is 11.1 Å². The average molecular weight is 272 g/mol. The van der Waals surface area contributed by atoms with Gasteiger partial charge in [0.1, 0.15) is 5.82 Å². The van der Waals surface area contributed by atoms with Crippen LogP contribution in [0, 0.1) is 0 Å². The maximum Gasteiger partial charge on any atom is 0.134 e. The Morgan fingerprint density at radius 1 is 1.26 bits per heavy atom. The first-order valence-electron chi connectivity index (χ1n) is 7.10. The highest BCUT2D eigenvalue weighted by Gasteiger charge is 2.27. The van der Waals surface area contributed by atoms with E-state index in [0.29, 0.717) is 6.04 Å². The molecule has 1 aromatic carbocycles. The highest BCUT2D eigenvalue weighted by atomic mass is 32.2. The van der Waals surface area contributed by atoms with E-state index >= 15 is 0 Å². The van der Waals surface area contributed by atoms with Crippen molar-refractivity contribution in [2.24, 2.45) is 0 Å². The molecule has 2 unspecified atom stereocenters. The second kappa shape index (κ2) is 5.83. The zero-order valence-corrected chi connectivity index (χ0v) is 12.1. The number of aromatic nitrogens is 1. The Hall–Kier alpha value is -1.22. The molecule has 1 N–H and O–H groups in total. The van der Waals surface area contributed by atoms with E-state index < -0.39 is 0 Å². The number of nitrogens with zero attached hydrogens (tertiary/aromatic N) is 1. The molecule has 1 saturated carbocycles. The van der Waals surface area contributed by atoms with E-state index in [2.05, 4.69) is 59.3 Å². The van der Waals surface area contributed by atoms with Crippen LogP contribution in [0.25, 0.3) is 10.8 Å². The van der Waals surface area contributed by atoms with Crippen LogP contribution in [0.1, 0.15) is 26.2 Å². The van der Waals surface area contributed by atoms with Crippen LogP contribution in [0.5, 0.6) is 0 Å². The predicted molar refractivity (Wildman–Crippen MR) is 84.9 cm³/mol. The lowest BCUT2D eigenvalue weighted by Crippen LogP contribution is -2.26. The van der Waals surface area contributed by atoms with Crippen molar-refractivity contribution < 1.29 is 0 Å². The maximum absolute atomic E-state index is 4.54. The van der Waals surface area contributed by atoms with Gasteiger partial charge in [-0.3, -0.25) is 0 Å². The SMILES string of the molecule is CCSC1CCCC1Nc1nccc2ccccc12. The van der Waals surface area contributed by atoms with Crippen molar-refractivity contribution in [3.63, 3.8) is 0 Å². The van der Waals surface area contributed by atoms with Gasteiger partial charge in [-0.25, -0.2) is 4.98 Å². The first-order valence-corrected chi connectivity index (χ1v) is 8.15. The van der Waals surface area contributed by atoms with Crippen molar-refractivity contribution in [3.8, 4) is 0 Å². The van der Waals surface area contributed by atoms with Crippen LogP contribution in [-0.4, -0.2) is 22.0 Å². The number of nitrogens with one attached hydrogen (secondary N) is 1. The lowest BCUT2D eigenvalue weighted by molar-refractivity contribution is 0.764. The van der Waals surface area contributed by atoms with Crippen LogP contribution in [0.15, 0.2) is 36.5 Å². The van der Waals surface area contributed by atoms with Gasteiger partial charge in [-0.15, -0.1) is 0 Å². The van der Waals surface area contributed by atoms with E-state index in [1.807, 2.05) is 6.20 Å². The van der Waals surface area contributed by atoms with Gasteiger partial charge >= 0.3 is 0 Å². The van der Waals surface area contributed by atoms with Crippen LogP contribution in [0.4, 0.5) is 5.82 Å². The fourth-order valence-electron chi connectivity index (χ4n) is 2.91. The van der Waals surface area contributed by atoms with E-state index in [9.17, 15) is 0 Å². The van der Waals surface area contributed by atoms with Crippen molar-refractivity contribution in [1.82, 2.24) is 4.98 Å². The van der Waals surface area contributed by atoms with E-state index in [-0.39, 0.29) is 0 Å². The third-order valence-corrected chi connectivity index (χ3v) is 5.15. The van der Waals surface area contributed by atoms with E-state index in [1.165, 1.54) is 35.8 Å². The number of fused-ring (bicyclic) bond motifs is 1. The summed E-state index contributed by atoms with van der Waals surface area (Å²) < 4.78 is 0. The lowest BCUT2D eigenvalue weighted by atomic mass is 10.1. The zero-order valence-electron chi connectivity index (χ0n) is 11.3. The zero-order chi connectivity index (χ0) is 13.1. The Kier molecular flexibility index (Phi) is 3.92. The van der Waals surface area contributed by atoms with E-state index in [4.69, 9.17) is 0 Å². The Balaban J connectivity index is 1.85. The number of benzene rings is 1. The Morgan fingerprint density at radius 3 is 3.05 bits per heavy atom. The molecule has 1 aromatic heterocycles. The predicted octanol–water partition coefficient (Wildman–Crippen LogP) is 4.32. The summed E-state index contributed by atoms with van der Waals surface area (Å²) in [5.74, 6) is 2.25. The minimum absolute atomic E-state index is 0.572. The molecule has 1 heterocycles. The Bertz CT molecular complexity index is 550.